The van der Waals surface area contributed by atoms with Gasteiger partial charge in [-0.05, 0) is 36.8 Å². The minimum Gasteiger partial charge on any atom is -0.392 e. The first kappa shape index (κ1) is 17.7. The van der Waals surface area contributed by atoms with Gasteiger partial charge in [0.1, 0.15) is 23.0 Å². The van der Waals surface area contributed by atoms with Crippen LogP contribution in [0.15, 0.2) is 47.7 Å². The largest absolute Gasteiger partial charge is 0.392 e. The molecular formula is C18H16FN7O2. The second-order valence-electron chi connectivity index (χ2n) is 6.21. The molecule has 4 aromatic rings. The standard InChI is InChI=1S/C18H16FN7O2/c1-10(13-5-12(19)7-21-18(13)28)23-16-2-3-17-20-8-15(26(17)25-16)14-4-11(9-27)6-22-24-14/h2-8,10,27H,9H2,1H3,(H,21,28)(H,23,25)/t10-/m1/s1. The topological polar surface area (TPSA) is 121 Å². The molecule has 0 aromatic carbocycles. The van der Waals surface area contributed by atoms with E-state index in [0.29, 0.717) is 28.4 Å². The molecule has 0 aliphatic heterocycles. The van der Waals surface area contributed by atoms with Crippen molar-refractivity contribution in [2.24, 2.45) is 0 Å². The molecule has 28 heavy (non-hydrogen) atoms. The number of halogens is 1. The Kier molecular flexibility index (Phi) is 4.53. The molecule has 0 aliphatic rings. The number of aromatic amines is 1. The maximum atomic E-state index is 13.5. The number of rotatable bonds is 5. The van der Waals surface area contributed by atoms with Crippen LogP contribution in [0, 0.1) is 5.82 Å². The summed E-state index contributed by atoms with van der Waals surface area (Å²) < 4.78 is 15.0. The quantitative estimate of drug-likeness (QED) is 0.481. The molecule has 0 spiro atoms. The summed E-state index contributed by atoms with van der Waals surface area (Å²) in [6.07, 6.45) is 4.10. The molecule has 3 N–H and O–H groups in total. The zero-order valence-corrected chi connectivity index (χ0v) is 14.8. The average molecular weight is 381 g/mol. The van der Waals surface area contributed by atoms with Crippen LogP contribution in [-0.2, 0) is 6.61 Å². The van der Waals surface area contributed by atoms with Crippen LogP contribution in [0.4, 0.5) is 10.2 Å². The van der Waals surface area contributed by atoms with Gasteiger partial charge in [-0.25, -0.2) is 13.9 Å². The summed E-state index contributed by atoms with van der Waals surface area (Å²) in [5.41, 5.74) is 2.20. The summed E-state index contributed by atoms with van der Waals surface area (Å²) in [7, 11) is 0. The predicted octanol–water partition coefficient (Wildman–Crippen LogP) is 1.68. The number of hydrogen-bond donors (Lipinski definition) is 3. The van der Waals surface area contributed by atoms with E-state index < -0.39 is 11.9 Å². The second-order valence-corrected chi connectivity index (χ2v) is 6.21. The Balaban J connectivity index is 1.69. The number of imidazole rings is 1. The van der Waals surface area contributed by atoms with Crippen LogP contribution in [0.25, 0.3) is 17.0 Å². The number of aromatic nitrogens is 6. The van der Waals surface area contributed by atoms with Crippen LogP contribution < -0.4 is 10.9 Å². The fourth-order valence-electron chi connectivity index (χ4n) is 2.84. The second kappa shape index (κ2) is 7.16. The van der Waals surface area contributed by atoms with Crippen molar-refractivity contribution < 1.29 is 9.50 Å². The highest BCUT2D eigenvalue weighted by molar-refractivity contribution is 5.60. The Morgan fingerprint density at radius 3 is 3.00 bits per heavy atom. The molecule has 0 saturated heterocycles. The van der Waals surface area contributed by atoms with E-state index in [1.54, 1.807) is 35.8 Å². The van der Waals surface area contributed by atoms with Gasteiger partial charge in [-0.15, -0.1) is 10.2 Å². The Hall–Kier alpha value is -3.66. The highest BCUT2D eigenvalue weighted by Crippen LogP contribution is 2.21. The number of anilines is 1. The van der Waals surface area contributed by atoms with Crippen molar-refractivity contribution >= 4 is 11.5 Å². The fraction of sp³-hybridized carbons (Fsp3) is 0.167. The first-order valence-corrected chi connectivity index (χ1v) is 8.47. The Labute approximate surface area is 157 Å². The third kappa shape index (κ3) is 3.32. The molecule has 0 saturated carbocycles. The smallest absolute Gasteiger partial charge is 0.253 e. The molecule has 0 radical (unpaired) electrons. The molecule has 10 heteroatoms. The highest BCUT2D eigenvalue weighted by Gasteiger charge is 2.14. The minimum absolute atomic E-state index is 0.154. The van der Waals surface area contributed by atoms with Crippen molar-refractivity contribution in [2.75, 3.05) is 5.32 Å². The number of nitrogens with zero attached hydrogens (tertiary/aromatic N) is 5. The van der Waals surface area contributed by atoms with Gasteiger partial charge < -0.3 is 15.4 Å². The van der Waals surface area contributed by atoms with E-state index >= 15 is 0 Å². The van der Waals surface area contributed by atoms with Crippen molar-refractivity contribution in [1.29, 1.82) is 0 Å². The molecular weight excluding hydrogens is 365 g/mol. The molecule has 4 aromatic heterocycles. The van der Waals surface area contributed by atoms with Crippen molar-refractivity contribution in [3.8, 4) is 11.4 Å². The zero-order chi connectivity index (χ0) is 19.7. The summed E-state index contributed by atoms with van der Waals surface area (Å²) >= 11 is 0. The van der Waals surface area contributed by atoms with Gasteiger partial charge in [-0.3, -0.25) is 4.79 Å². The number of aliphatic hydroxyl groups is 1. The lowest BCUT2D eigenvalue weighted by atomic mass is 10.1. The lowest BCUT2D eigenvalue weighted by Gasteiger charge is -2.14. The lowest BCUT2D eigenvalue weighted by molar-refractivity contribution is 0.281. The van der Waals surface area contributed by atoms with Crippen LogP contribution in [0.2, 0.25) is 0 Å². The van der Waals surface area contributed by atoms with E-state index in [1.165, 1.54) is 12.3 Å². The van der Waals surface area contributed by atoms with Gasteiger partial charge in [0.25, 0.3) is 5.56 Å². The first-order chi connectivity index (χ1) is 13.5. The van der Waals surface area contributed by atoms with Crippen LogP contribution >= 0.6 is 0 Å². The summed E-state index contributed by atoms with van der Waals surface area (Å²) in [5, 5.41) is 24.8. The van der Waals surface area contributed by atoms with Gasteiger partial charge in [0, 0.05) is 11.8 Å². The Morgan fingerprint density at radius 2 is 2.18 bits per heavy atom. The zero-order valence-electron chi connectivity index (χ0n) is 14.8. The Morgan fingerprint density at radius 1 is 1.32 bits per heavy atom. The normalized spacial score (nSPS) is 12.2. The van der Waals surface area contributed by atoms with Gasteiger partial charge in [0.15, 0.2) is 5.65 Å². The average Bonchev–Trinajstić information content (AvgIpc) is 3.13. The molecule has 9 nitrogen and oxygen atoms in total. The molecule has 4 heterocycles. The summed E-state index contributed by atoms with van der Waals surface area (Å²) in [4.78, 5) is 18.6. The number of nitrogens with one attached hydrogen (secondary N) is 2. The van der Waals surface area contributed by atoms with Crippen molar-refractivity contribution in [3.05, 3.63) is 70.2 Å². The molecule has 0 aliphatic carbocycles. The van der Waals surface area contributed by atoms with E-state index in [1.807, 2.05) is 0 Å². The van der Waals surface area contributed by atoms with Crippen molar-refractivity contribution in [1.82, 2.24) is 29.8 Å². The molecule has 1 atom stereocenters. The molecule has 0 amide bonds. The predicted molar refractivity (Wildman–Crippen MR) is 99.0 cm³/mol. The minimum atomic E-state index is -0.522. The Bertz CT molecular complexity index is 1200. The van der Waals surface area contributed by atoms with E-state index in [4.69, 9.17) is 0 Å². The summed E-state index contributed by atoms with van der Waals surface area (Å²) in [6.45, 7) is 1.58. The molecule has 0 unspecified atom stereocenters. The van der Waals surface area contributed by atoms with E-state index in [2.05, 4.69) is 30.6 Å². The van der Waals surface area contributed by atoms with E-state index in [-0.39, 0.29) is 17.7 Å². The van der Waals surface area contributed by atoms with Crippen LogP contribution in [0.1, 0.15) is 24.1 Å². The SMILES string of the molecule is C[C@@H](Nc1ccc2ncc(-c3cc(CO)cnn3)n2n1)c1cc(F)c[nH]c1=O. The first-order valence-electron chi connectivity index (χ1n) is 8.47. The van der Waals surface area contributed by atoms with Gasteiger partial charge in [0.2, 0.25) is 0 Å². The molecule has 0 fully saturated rings. The van der Waals surface area contributed by atoms with Crippen LogP contribution in [0.3, 0.4) is 0 Å². The van der Waals surface area contributed by atoms with E-state index in [9.17, 15) is 14.3 Å². The molecule has 4 rings (SSSR count). The molecule has 0 bridgehead atoms. The number of fused-ring (bicyclic) bond motifs is 1. The van der Waals surface area contributed by atoms with Crippen molar-refractivity contribution in [3.63, 3.8) is 0 Å². The van der Waals surface area contributed by atoms with Crippen molar-refractivity contribution in [2.45, 2.75) is 19.6 Å². The van der Waals surface area contributed by atoms with E-state index in [0.717, 1.165) is 6.20 Å². The van der Waals surface area contributed by atoms with Gasteiger partial charge >= 0.3 is 0 Å². The van der Waals surface area contributed by atoms with Crippen LogP contribution in [0.5, 0.6) is 0 Å². The third-order valence-corrected chi connectivity index (χ3v) is 4.25. The number of pyridine rings is 1. The fourth-order valence-corrected chi connectivity index (χ4v) is 2.84. The lowest BCUT2D eigenvalue weighted by Crippen LogP contribution is -2.20. The maximum Gasteiger partial charge on any atom is 0.253 e. The molecule has 142 valence electrons. The van der Waals surface area contributed by atoms with Gasteiger partial charge in [0.05, 0.1) is 25.0 Å². The maximum absolute atomic E-state index is 13.5. The number of hydrogen-bond acceptors (Lipinski definition) is 7. The summed E-state index contributed by atoms with van der Waals surface area (Å²) in [6, 6.07) is 5.88. The van der Waals surface area contributed by atoms with Gasteiger partial charge in [-0.1, -0.05) is 0 Å². The monoisotopic (exact) mass is 381 g/mol. The number of H-pyrrole nitrogens is 1. The number of aliphatic hydroxyl groups excluding tert-OH is 1. The third-order valence-electron chi connectivity index (χ3n) is 4.25. The van der Waals surface area contributed by atoms with Crippen LogP contribution in [-0.4, -0.2) is 34.9 Å². The highest BCUT2D eigenvalue weighted by atomic mass is 19.1. The van der Waals surface area contributed by atoms with Gasteiger partial charge in [-0.2, -0.15) is 5.10 Å². The summed E-state index contributed by atoms with van der Waals surface area (Å²) in [5.74, 6) is -0.0555.